The highest BCUT2D eigenvalue weighted by atomic mass is 32.1. The van der Waals surface area contributed by atoms with Crippen molar-refractivity contribution in [2.24, 2.45) is 0 Å². The summed E-state index contributed by atoms with van der Waals surface area (Å²) in [4.78, 5) is 23.0. The van der Waals surface area contributed by atoms with Gasteiger partial charge < -0.3 is 20.7 Å². The van der Waals surface area contributed by atoms with Gasteiger partial charge in [0, 0.05) is 36.4 Å². The SMILES string of the molecule is CCCCC(=O)NCCc1csc2ccc(NCCCOc3ccc4cccc(CCNC(=O)C(F)(F)F)c4c3)cc12. The van der Waals surface area contributed by atoms with Crippen molar-refractivity contribution in [3.63, 3.8) is 0 Å². The molecule has 3 N–H and O–H groups in total. The van der Waals surface area contributed by atoms with Crippen LogP contribution in [0.1, 0.15) is 43.7 Å². The van der Waals surface area contributed by atoms with Crippen molar-refractivity contribution >= 4 is 49.7 Å². The summed E-state index contributed by atoms with van der Waals surface area (Å²) in [7, 11) is 0. The lowest BCUT2D eigenvalue weighted by Gasteiger charge is -2.12. The number of carbonyl (C=O) groups excluding carboxylic acids is 2. The van der Waals surface area contributed by atoms with Gasteiger partial charge in [-0.25, -0.2) is 0 Å². The molecule has 0 bridgehead atoms. The quantitative estimate of drug-likeness (QED) is 0.129. The van der Waals surface area contributed by atoms with E-state index in [-0.39, 0.29) is 18.9 Å². The Balaban J connectivity index is 1.25. The average molecular weight is 600 g/mol. The monoisotopic (exact) mass is 599 g/mol. The molecule has 2 amide bonds. The fourth-order valence-electron chi connectivity index (χ4n) is 4.68. The van der Waals surface area contributed by atoms with E-state index in [1.807, 2.05) is 41.7 Å². The Kier molecular flexibility index (Phi) is 11.1. The summed E-state index contributed by atoms with van der Waals surface area (Å²) in [5.41, 5.74) is 3.10. The fraction of sp³-hybridized carbons (Fsp3) is 0.375. The topological polar surface area (TPSA) is 79.5 Å². The number of rotatable bonds is 15. The first-order valence-electron chi connectivity index (χ1n) is 14.2. The molecule has 10 heteroatoms. The maximum atomic E-state index is 12.5. The van der Waals surface area contributed by atoms with Gasteiger partial charge in [-0.2, -0.15) is 13.2 Å². The van der Waals surface area contributed by atoms with Crippen LogP contribution in [0, 0.1) is 0 Å². The van der Waals surface area contributed by atoms with Gasteiger partial charge in [0.05, 0.1) is 6.61 Å². The number of anilines is 1. The number of thiophene rings is 1. The number of hydrogen-bond donors (Lipinski definition) is 3. The Hall–Kier alpha value is -3.79. The predicted molar refractivity (Wildman–Crippen MR) is 163 cm³/mol. The number of ether oxygens (including phenoxy) is 1. The Morgan fingerprint density at radius 2 is 1.69 bits per heavy atom. The Bertz CT molecular complexity index is 1500. The third-order valence-corrected chi connectivity index (χ3v) is 7.94. The highest BCUT2D eigenvalue weighted by Gasteiger charge is 2.38. The summed E-state index contributed by atoms with van der Waals surface area (Å²) in [6.07, 6.45) is -0.549. The number of nitrogens with one attached hydrogen (secondary N) is 3. The molecule has 6 nitrogen and oxygen atoms in total. The van der Waals surface area contributed by atoms with Gasteiger partial charge in [-0.1, -0.05) is 37.6 Å². The molecular formula is C32H36F3N3O3S. The van der Waals surface area contributed by atoms with Crippen molar-refractivity contribution in [1.82, 2.24) is 10.6 Å². The number of amides is 2. The highest BCUT2D eigenvalue weighted by molar-refractivity contribution is 7.17. The first kappa shape index (κ1) is 31.2. The van der Waals surface area contributed by atoms with Crippen LogP contribution in [0.5, 0.6) is 5.75 Å². The molecule has 0 aliphatic rings. The average Bonchev–Trinajstić information content (AvgIpc) is 3.37. The van der Waals surface area contributed by atoms with E-state index in [4.69, 9.17) is 4.74 Å². The predicted octanol–water partition coefficient (Wildman–Crippen LogP) is 7.01. The van der Waals surface area contributed by atoms with Gasteiger partial charge in [-0.15, -0.1) is 11.3 Å². The Morgan fingerprint density at radius 3 is 2.50 bits per heavy atom. The molecule has 0 spiro atoms. The summed E-state index contributed by atoms with van der Waals surface area (Å²) in [6.45, 7) is 3.81. The minimum absolute atomic E-state index is 0.109. The summed E-state index contributed by atoms with van der Waals surface area (Å²) < 4.78 is 44.6. The summed E-state index contributed by atoms with van der Waals surface area (Å²) in [6, 6.07) is 17.6. The third-order valence-electron chi connectivity index (χ3n) is 6.93. The molecule has 0 unspecified atom stereocenters. The molecule has 1 aromatic heterocycles. The number of alkyl halides is 3. The lowest BCUT2D eigenvalue weighted by molar-refractivity contribution is -0.173. The van der Waals surface area contributed by atoms with Crippen LogP contribution in [0.25, 0.3) is 20.9 Å². The number of halogens is 3. The normalized spacial score (nSPS) is 11.5. The maximum absolute atomic E-state index is 12.5. The number of carbonyl (C=O) groups is 2. The van der Waals surface area contributed by atoms with E-state index in [2.05, 4.69) is 41.1 Å². The molecule has 4 aromatic rings. The first-order valence-corrected chi connectivity index (χ1v) is 15.1. The van der Waals surface area contributed by atoms with Crippen molar-refractivity contribution < 1.29 is 27.5 Å². The lowest BCUT2D eigenvalue weighted by atomic mass is 10.0. The number of benzene rings is 3. The van der Waals surface area contributed by atoms with Crippen molar-refractivity contribution in [2.45, 2.75) is 51.6 Å². The van der Waals surface area contributed by atoms with E-state index in [1.54, 1.807) is 11.3 Å². The van der Waals surface area contributed by atoms with Crippen LogP contribution >= 0.6 is 11.3 Å². The van der Waals surface area contributed by atoms with Gasteiger partial charge >= 0.3 is 12.1 Å². The van der Waals surface area contributed by atoms with Gasteiger partial charge in [0.25, 0.3) is 0 Å². The standard InChI is InChI=1S/C32H36F3N3O3S/c1-2-3-8-30(39)37-16-14-24-21-42-29-12-10-25(19-28(24)29)36-15-5-18-41-26-11-9-22-6-4-7-23(27(22)20-26)13-17-38-31(40)32(33,34)35/h4,6-7,9-12,19-21,36H,2-3,5,8,13-18H2,1H3,(H,37,39)(H,38,40). The van der Waals surface area contributed by atoms with E-state index in [1.165, 1.54) is 15.6 Å². The molecule has 0 saturated carbocycles. The molecule has 0 aliphatic carbocycles. The van der Waals surface area contributed by atoms with Crippen molar-refractivity contribution in [3.8, 4) is 5.75 Å². The third kappa shape index (κ3) is 8.85. The van der Waals surface area contributed by atoms with Crippen LogP contribution in [0.2, 0.25) is 0 Å². The number of hydrogen-bond acceptors (Lipinski definition) is 5. The molecule has 224 valence electrons. The zero-order valence-electron chi connectivity index (χ0n) is 23.6. The second-order valence-electron chi connectivity index (χ2n) is 10.1. The van der Waals surface area contributed by atoms with Crippen molar-refractivity contribution in [2.75, 3.05) is 31.6 Å². The molecule has 4 rings (SSSR count). The van der Waals surface area contributed by atoms with Crippen LogP contribution < -0.4 is 20.7 Å². The largest absolute Gasteiger partial charge is 0.494 e. The molecule has 42 heavy (non-hydrogen) atoms. The van der Waals surface area contributed by atoms with Gasteiger partial charge in [-0.05, 0) is 88.7 Å². The van der Waals surface area contributed by atoms with E-state index in [9.17, 15) is 22.8 Å². The molecule has 0 fully saturated rings. The van der Waals surface area contributed by atoms with Crippen LogP contribution in [0.3, 0.4) is 0 Å². The van der Waals surface area contributed by atoms with Crippen LogP contribution in [-0.4, -0.2) is 44.2 Å². The second kappa shape index (κ2) is 14.9. The van der Waals surface area contributed by atoms with Gasteiger partial charge in [0.15, 0.2) is 0 Å². The van der Waals surface area contributed by atoms with Gasteiger partial charge in [0.1, 0.15) is 5.75 Å². The minimum atomic E-state index is -4.89. The number of fused-ring (bicyclic) bond motifs is 2. The maximum Gasteiger partial charge on any atom is 0.471 e. The summed E-state index contributed by atoms with van der Waals surface area (Å²) >= 11 is 1.71. The zero-order chi connectivity index (χ0) is 30.0. The van der Waals surface area contributed by atoms with Crippen LogP contribution in [0.4, 0.5) is 18.9 Å². The lowest BCUT2D eigenvalue weighted by Crippen LogP contribution is -2.37. The summed E-state index contributed by atoms with van der Waals surface area (Å²) in [5.74, 6) is -1.14. The molecule has 0 aliphatic heterocycles. The van der Waals surface area contributed by atoms with Crippen molar-refractivity contribution in [1.29, 1.82) is 0 Å². The molecule has 0 atom stereocenters. The van der Waals surface area contributed by atoms with E-state index >= 15 is 0 Å². The first-order chi connectivity index (χ1) is 20.2. The van der Waals surface area contributed by atoms with Crippen LogP contribution in [-0.2, 0) is 22.4 Å². The van der Waals surface area contributed by atoms with Crippen LogP contribution in [0.15, 0.2) is 60.0 Å². The molecule has 0 saturated heterocycles. The van der Waals surface area contributed by atoms with Gasteiger partial charge in [-0.3, -0.25) is 9.59 Å². The highest BCUT2D eigenvalue weighted by Crippen LogP contribution is 2.29. The molecule has 3 aromatic carbocycles. The van der Waals surface area contributed by atoms with Gasteiger partial charge in [0.2, 0.25) is 5.91 Å². The van der Waals surface area contributed by atoms with E-state index in [0.717, 1.165) is 54.3 Å². The second-order valence-corrected chi connectivity index (χ2v) is 11.0. The Morgan fingerprint density at radius 1 is 0.881 bits per heavy atom. The molecule has 0 radical (unpaired) electrons. The molecule has 1 heterocycles. The number of unbranched alkanes of at least 4 members (excludes halogenated alkanes) is 1. The molecular weight excluding hydrogens is 563 g/mol. The zero-order valence-corrected chi connectivity index (χ0v) is 24.4. The Labute approximate surface area is 247 Å². The minimum Gasteiger partial charge on any atom is -0.494 e. The van der Waals surface area contributed by atoms with E-state index in [0.29, 0.717) is 25.3 Å². The fourth-order valence-corrected chi connectivity index (χ4v) is 5.66. The van der Waals surface area contributed by atoms with Crippen molar-refractivity contribution in [3.05, 3.63) is 71.1 Å². The summed E-state index contributed by atoms with van der Waals surface area (Å²) in [5, 5.41) is 13.6. The smallest absolute Gasteiger partial charge is 0.471 e. The van der Waals surface area contributed by atoms with E-state index < -0.39 is 12.1 Å².